The fourth-order valence-corrected chi connectivity index (χ4v) is 6.69. The lowest BCUT2D eigenvalue weighted by molar-refractivity contribution is -0.130. The molecule has 4 aromatic rings. The van der Waals surface area contributed by atoms with E-state index in [1.807, 2.05) is 0 Å². The van der Waals surface area contributed by atoms with Crippen molar-refractivity contribution in [2.24, 2.45) is 16.5 Å². The van der Waals surface area contributed by atoms with Crippen LogP contribution in [0.4, 0.5) is 5.69 Å². The number of aliphatic imine (C=N–C) groups is 1. The number of benzene rings is 3. The van der Waals surface area contributed by atoms with Crippen LogP contribution in [0.3, 0.4) is 0 Å². The summed E-state index contributed by atoms with van der Waals surface area (Å²) in [5.41, 5.74) is 12.1. The number of nitrogens with one attached hydrogen (secondary N) is 3. The van der Waals surface area contributed by atoms with Crippen LogP contribution < -0.4 is 36.5 Å². The largest absolute Gasteiger partial charge is 0.453 e. The van der Waals surface area contributed by atoms with E-state index in [2.05, 4.69) is 20.9 Å². The smallest absolute Gasteiger partial charge is 0.415 e. The number of rotatable bonds is 15. The Labute approximate surface area is 275 Å². The van der Waals surface area contributed by atoms with Crippen LogP contribution in [0.2, 0.25) is 0 Å². The molecule has 1 aromatic heterocycles. The van der Waals surface area contributed by atoms with Gasteiger partial charge in [0, 0.05) is 6.42 Å². The molecule has 0 bridgehead atoms. The maximum absolute atomic E-state index is 14.8. The predicted molar refractivity (Wildman–Crippen MR) is 180 cm³/mol. The molecule has 8 N–H and O–H groups in total. The number of guanidine groups is 1. The van der Waals surface area contributed by atoms with Crippen LogP contribution in [0.15, 0.2) is 107 Å². The van der Waals surface area contributed by atoms with Gasteiger partial charge >= 0.3 is 7.60 Å². The third-order valence-corrected chi connectivity index (χ3v) is 9.44. The maximum Gasteiger partial charge on any atom is 0.453 e. The molecule has 3 atom stereocenters. The number of carbonyl (C=O) groups excluding carboxylic acids is 3. The number of nitrogens with two attached hydrogens (primary N) is 2. The van der Waals surface area contributed by atoms with Crippen LogP contribution in [0, 0.1) is 0 Å². The molecule has 0 aliphatic rings. The summed E-state index contributed by atoms with van der Waals surface area (Å²) in [5, 5.41) is 19.2. The Hall–Kier alpha value is -5.17. The zero-order valence-corrected chi connectivity index (χ0v) is 27.0. The van der Waals surface area contributed by atoms with Gasteiger partial charge in [0.25, 0.3) is 5.91 Å². The van der Waals surface area contributed by atoms with Crippen LogP contribution in [0.25, 0.3) is 0 Å². The van der Waals surface area contributed by atoms with Crippen molar-refractivity contribution in [3.63, 3.8) is 0 Å². The highest BCUT2D eigenvalue weighted by Crippen LogP contribution is 2.53. The predicted octanol–water partition coefficient (Wildman–Crippen LogP) is 3.28. The van der Waals surface area contributed by atoms with Gasteiger partial charge < -0.3 is 41.6 Å². The molecule has 0 fully saturated rings. The van der Waals surface area contributed by atoms with Gasteiger partial charge in [0.1, 0.15) is 23.6 Å². The Morgan fingerprint density at radius 3 is 1.94 bits per heavy atom. The van der Waals surface area contributed by atoms with Gasteiger partial charge in [-0.25, -0.2) is 9.56 Å². The summed E-state index contributed by atoms with van der Waals surface area (Å²) < 4.78 is 26.8. The number of thiophene rings is 1. The van der Waals surface area contributed by atoms with E-state index in [-0.39, 0.29) is 23.9 Å². The van der Waals surface area contributed by atoms with Crippen molar-refractivity contribution in [3.8, 4) is 11.5 Å². The summed E-state index contributed by atoms with van der Waals surface area (Å²) >= 11 is 1.17. The van der Waals surface area contributed by atoms with Crippen molar-refractivity contribution in [3.05, 3.63) is 113 Å². The first-order valence-corrected chi connectivity index (χ1v) is 16.9. The quantitative estimate of drug-likeness (QED) is 0.0619. The topological polar surface area (TPSA) is 207 Å². The minimum atomic E-state index is -4.28. The van der Waals surface area contributed by atoms with Crippen LogP contribution >= 0.6 is 18.9 Å². The van der Waals surface area contributed by atoms with Crippen molar-refractivity contribution < 1.29 is 33.1 Å². The van der Waals surface area contributed by atoms with E-state index in [1.165, 1.54) is 18.3 Å². The Morgan fingerprint density at radius 1 is 0.830 bits per heavy atom. The number of para-hydroxylation sites is 2. The molecule has 47 heavy (non-hydrogen) atoms. The zero-order chi connectivity index (χ0) is 33.8. The first-order valence-electron chi connectivity index (χ1n) is 14.4. The van der Waals surface area contributed by atoms with Gasteiger partial charge in [-0.15, -0.1) is 11.3 Å². The molecule has 0 radical (unpaired) electrons. The molecule has 0 saturated heterocycles. The van der Waals surface area contributed by atoms with E-state index >= 15 is 0 Å². The fraction of sp³-hybridized carbons (Fsp3) is 0.188. The summed E-state index contributed by atoms with van der Waals surface area (Å²) in [4.78, 5) is 43.3. The Bertz CT molecular complexity index is 1660. The molecule has 4 rings (SSSR count). The first-order chi connectivity index (χ1) is 22.6. The molecule has 1 heterocycles. The molecular weight excluding hydrogens is 643 g/mol. The second-order valence-corrected chi connectivity index (χ2v) is 13.2. The third-order valence-electron chi connectivity index (χ3n) is 6.57. The molecule has 1 unspecified atom stereocenters. The minimum absolute atomic E-state index is 0.0262. The summed E-state index contributed by atoms with van der Waals surface area (Å²) in [5.74, 6) is -2.98. The van der Waals surface area contributed by atoms with Gasteiger partial charge in [-0.2, -0.15) is 0 Å². The molecule has 0 saturated carbocycles. The number of amides is 3. The molecule has 0 spiro atoms. The zero-order valence-electron chi connectivity index (χ0n) is 25.3. The van der Waals surface area contributed by atoms with E-state index in [0.717, 1.165) is 0 Å². The number of carbonyl (C=O) groups is 3. The molecule has 0 aliphatic heterocycles. The highest BCUT2D eigenvalue weighted by Gasteiger charge is 2.41. The third kappa shape index (κ3) is 10.2. The van der Waals surface area contributed by atoms with Crippen LogP contribution in [-0.4, -0.2) is 53.3 Å². The number of aliphatic hydroxyl groups is 1. The Morgan fingerprint density at radius 2 is 1.43 bits per heavy atom. The second-order valence-electron chi connectivity index (χ2n) is 10.2. The van der Waals surface area contributed by atoms with Gasteiger partial charge in [-0.3, -0.25) is 14.4 Å². The average Bonchev–Trinajstić information content (AvgIpc) is 3.60. The van der Waals surface area contributed by atoms with Crippen molar-refractivity contribution in [2.45, 2.75) is 31.2 Å². The lowest BCUT2D eigenvalue weighted by atomic mass is 10.1. The first kappa shape index (κ1) is 34.7. The van der Waals surface area contributed by atoms with E-state index in [4.69, 9.17) is 20.5 Å². The summed E-state index contributed by atoms with van der Waals surface area (Å²) in [6, 6.07) is 24.2. The lowest BCUT2D eigenvalue weighted by Crippen LogP contribution is -2.55. The number of aliphatic hydroxyl groups excluding tert-OH is 1. The van der Waals surface area contributed by atoms with E-state index in [9.17, 15) is 24.1 Å². The van der Waals surface area contributed by atoms with E-state index in [0.29, 0.717) is 16.1 Å². The van der Waals surface area contributed by atoms with Gasteiger partial charge in [0.2, 0.25) is 11.8 Å². The van der Waals surface area contributed by atoms with Gasteiger partial charge in [0.05, 0.1) is 17.2 Å². The standard InChI is InChI=1S/C32H35N6O7PS/c1-21(35-30(41)26(20-39)37-31(42)27-13-8-18-47-27)29(40)38-28(19-22-14-16-23(17-15-22)36-32(33)34)46(43,44-24-9-4-2-5-10-24)45-25-11-6-3-7-12-25/h2-18,21,26,28,39H,19-20H2,1H3,(H,35,41)(H,37,42)(H,38,40)(H4,33,34,36)/t21-,26-,28?/m0/s1. The second kappa shape index (κ2) is 16.4. The molecule has 13 nitrogen and oxygen atoms in total. The molecule has 0 aliphatic carbocycles. The van der Waals surface area contributed by atoms with Crippen molar-refractivity contribution >= 4 is 48.3 Å². The molecule has 246 valence electrons. The molecule has 3 amide bonds. The normalized spacial score (nSPS) is 12.9. The SMILES string of the molecule is C[C@H](NC(=O)[C@H](CO)NC(=O)c1cccs1)C(=O)NC(Cc1ccc(N=C(N)N)cc1)P(=O)(Oc1ccccc1)Oc1ccccc1. The van der Waals surface area contributed by atoms with Gasteiger partial charge in [-0.1, -0.05) is 54.6 Å². The molecule has 3 aromatic carbocycles. The van der Waals surface area contributed by atoms with Crippen LogP contribution in [0.5, 0.6) is 11.5 Å². The highest BCUT2D eigenvalue weighted by molar-refractivity contribution is 7.55. The number of hydrogen-bond acceptors (Lipinski definition) is 9. The monoisotopic (exact) mass is 678 g/mol. The average molecular weight is 679 g/mol. The summed E-state index contributed by atoms with van der Waals surface area (Å²) in [7, 11) is -4.28. The summed E-state index contributed by atoms with van der Waals surface area (Å²) in [6.45, 7) is 0.700. The number of hydrogen-bond donors (Lipinski definition) is 6. The minimum Gasteiger partial charge on any atom is -0.415 e. The fourth-order valence-electron chi connectivity index (χ4n) is 4.22. The van der Waals surface area contributed by atoms with Crippen molar-refractivity contribution in [2.75, 3.05) is 6.61 Å². The highest BCUT2D eigenvalue weighted by atomic mass is 32.1. The van der Waals surface area contributed by atoms with Crippen LogP contribution in [-0.2, 0) is 20.6 Å². The van der Waals surface area contributed by atoms with Crippen molar-refractivity contribution in [1.29, 1.82) is 0 Å². The van der Waals surface area contributed by atoms with Gasteiger partial charge in [-0.05, 0) is 60.3 Å². The van der Waals surface area contributed by atoms with Crippen molar-refractivity contribution in [1.82, 2.24) is 16.0 Å². The van der Waals surface area contributed by atoms with E-state index in [1.54, 1.807) is 102 Å². The van der Waals surface area contributed by atoms with E-state index < -0.39 is 49.8 Å². The van der Waals surface area contributed by atoms with Crippen LogP contribution in [0.1, 0.15) is 22.2 Å². The summed E-state index contributed by atoms with van der Waals surface area (Å²) in [6.07, 6.45) is -0.0262. The number of nitrogens with zero attached hydrogens (tertiary/aromatic N) is 1. The lowest BCUT2D eigenvalue weighted by Gasteiger charge is -2.29. The molecular formula is C32H35N6O7PS. The maximum atomic E-state index is 14.8. The Kier molecular flexibility index (Phi) is 12.1. The molecule has 15 heteroatoms. The Balaban J connectivity index is 1.59. The van der Waals surface area contributed by atoms with Gasteiger partial charge in [0.15, 0.2) is 11.7 Å².